The van der Waals surface area contributed by atoms with Crippen LogP contribution in [-0.4, -0.2) is 18.8 Å². The molecule has 1 unspecified atom stereocenters. The Hall–Kier alpha value is -0.760. The van der Waals surface area contributed by atoms with Gasteiger partial charge in [-0.1, -0.05) is 13.8 Å². The quantitative estimate of drug-likeness (QED) is 0.753. The molecule has 2 nitrogen and oxygen atoms in total. The summed E-state index contributed by atoms with van der Waals surface area (Å²) in [6.45, 7) is 3.48. The summed E-state index contributed by atoms with van der Waals surface area (Å²) in [7, 11) is 0. The van der Waals surface area contributed by atoms with Gasteiger partial charge in [-0.05, 0) is 12.8 Å². The van der Waals surface area contributed by atoms with E-state index in [2.05, 4.69) is 5.32 Å². The molecule has 0 aromatic rings. The molecule has 14 heavy (non-hydrogen) atoms. The Labute approximate surface area is 82.1 Å². The molecular formula is C9H15F3N2. The second kappa shape index (κ2) is 5.86. The molecule has 0 saturated heterocycles. The lowest BCUT2D eigenvalue weighted by Gasteiger charge is -2.18. The maximum Gasteiger partial charge on any atom is 0.405 e. The van der Waals surface area contributed by atoms with Gasteiger partial charge in [0.05, 0.1) is 6.07 Å². The van der Waals surface area contributed by atoms with Crippen LogP contribution in [0, 0.1) is 17.2 Å². The first-order valence-corrected chi connectivity index (χ1v) is 4.65. The average Bonchev–Trinajstić information content (AvgIpc) is 2.10. The fraction of sp³-hybridized carbons (Fsp3) is 0.889. The Balaban J connectivity index is 4.04. The summed E-state index contributed by atoms with van der Waals surface area (Å²) in [6, 6.07) is 1.32. The van der Waals surface area contributed by atoms with Crippen molar-refractivity contribution in [2.75, 3.05) is 6.54 Å². The van der Waals surface area contributed by atoms with Crippen molar-refractivity contribution in [2.45, 2.75) is 38.9 Å². The zero-order valence-corrected chi connectivity index (χ0v) is 8.36. The highest BCUT2D eigenvalue weighted by molar-refractivity contribution is 4.90. The van der Waals surface area contributed by atoms with Crippen LogP contribution in [0.25, 0.3) is 0 Å². The van der Waals surface area contributed by atoms with Gasteiger partial charge in [-0.2, -0.15) is 18.4 Å². The molecule has 82 valence electrons. The zero-order chi connectivity index (χ0) is 11.2. The number of hydrogen-bond donors (Lipinski definition) is 1. The van der Waals surface area contributed by atoms with Gasteiger partial charge in [-0.15, -0.1) is 0 Å². The van der Waals surface area contributed by atoms with Gasteiger partial charge >= 0.3 is 6.18 Å². The van der Waals surface area contributed by atoms with Crippen LogP contribution < -0.4 is 5.32 Å². The Kier molecular flexibility index (Phi) is 5.55. The molecule has 5 heteroatoms. The number of nitrogens with zero attached hydrogens (tertiary/aromatic N) is 1. The summed E-state index contributed by atoms with van der Waals surface area (Å²) in [4.78, 5) is 0. The van der Waals surface area contributed by atoms with Gasteiger partial charge in [0.1, 0.15) is 0 Å². The molecule has 0 fully saturated rings. The lowest BCUT2D eigenvalue weighted by atomic mass is 10.1. The van der Waals surface area contributed by atoms with Gasteiger partial charge in [-0.25, -0.2) is 0 Å². The Bertz CT molecular complexity index is 191. The van der Waals surface area contributed by atoms with Crippen molar-refractivity contribution in [2.24, 2.45) is 5.92 Å². The van der Waals surface area contributed by atoms with Gasteiger partial charge in [-0.3, -0.25) is 0 Å². The summed E-state index contributed by atoms with van der Waals surface area (Å²) >= 11 is 0. The van der Waals surface area contributed by atoms with Crippen LogP contribution in [0.3, 0.4) is 0 Å². The van der Waals surface area contributed by atoms with E-state index in [0.29, 0.717) is 0 Å². The topological polar surface area (TPSA) is 35.8 Å². The predicted octanol–water partition coefficient (Wildman–Crippen LogP) is 2.47. The minimum absolute atomic E-state index is 0.0631. The number of alkyl halides is 3. The first-order valence-electron chi connectivity index (χ1n) is 4.65. The number of rotatable bonds is 5. The zero-order valence-electron chi connectivity index (χ0n) is 8.36. The molecule has 0 spiro atoms. The molecule has 0 bridgehead atoms. The van der Waals surface area contributed by atoms with Gasteiger partial charge < -0.3 is 5.32 Å². The highest BCUT2D eigenvalue weighted by Crippen LogP contribution is 2.25. The van der Waals surface area contributed by atoms with Gasteiger partial charge in [0.25, 0.3) is 0 Å². The van der Waals surface area contributed by atoms with E-state index in [1.807, 2.05) is 13.8 Å². The van der Waals surface area contributed by atoms with Crippen molar-refractivity contribution >= 4 is 0 Å². The van der Waals surface area contributed by atoms with E-state index in [-0.39, 0.29) is 12.6 Å². The second-order valence-corrected chi connectivity index (χ2v) is 3.14. The first-order chi connectivity index (χ1) is 6.45. The molecule has 0 heterocycles. The molecular weight excluding hydrogens is 193 g/mol. The van der Waals surface area contributed by atoms with Crippen LogP contribution in [0.15, 0.2) is 0 Å². The van der Waals surface area contributed by atoms with Crippen molar-refractivity contribution < 1.29 is 13.2 Å². The molecule has 1 N–H and O–H groups in total. The maximum absolute atomic E-state index is 12.1. The Morgan fingerprint density at radius 2 is 1.79 bits per heavy atom. The third kappa shape index (κ3) is 4.47. The third-order valence-electron chi connectivity index (χ3n) is 2.15. The Morgan fingerprint density at radius 3 is 2.07 bits per heavy atom. The number of halogens is 3. The molecule has 0 rings (SSSR count). The molecule has 0 aliphatic heterocycles. The fourth-order valence-electron chi connectivity index (χ4n) is 1.10. The molecule has 0 saturated carbocycles. The van der Waals surface area contributed by atoms with E-state index in [0.717, 1.165) is 12.8 Å². The highest BCUT2D eigenvalue weighted by Gasteiger charge is 2.39. The second-order valence-electron chi connectivity index (χ2n) is 3.14. The average molecular weight is 208 g/mol. The number of hydrogen-bond acceptors (Lipinski definition) is 2. The van der Waals surface area contributed by atoms with E-state index in [1.54, 1.807) is 0 Å². The van der Waals surface area contributed by atoms with Crippen molar-refractivity contribution in [3.63, 3.8) is 0 Å². The van der Waals surface area contributed by atoms with E-state index in [9.17, 15) is 13.2 Å². The maximum atomic E-state index is 12.1. The molecule has 0 radical (unpaired) electrons. The molecule has 0 aromatic heterocycles. The SMILES string of the molecule is CCC(CC)NCC(C#N)C(F)(F)F. The van der Waals surface area contributed by atoms with E-state index >= 15 is 0 Å². The van der Waals surface area contributed by atoms with Gasteiger partial charge in [0, 0.05) is 12.6 Å². The standard InChI is InChI=1S/C9H15F3N2/c1-3-8(4-2)14-6-7(5-13)9(10,11)12/h7-8,14H,3-4,6H2,1-2H3. The largest absolute Gasteiger partial charge is 0.405 e. The van der Waals surface area contributed by atoms with Crippen molar-refractivity contribution in [3.8, 4) is 6.07 Å². The van der Waals surface area contributed by atoms with Gasteiger partial charge in [0.2, 0.25) is 0 Å². The van der Waals surface area contributed by atoms with Crippen molar-refractivity contribution in [3.05, 3.63) is 0 Å². The monoisotopic (exact) mass is 208 g/mol. The smallest absolute Gasteiger partial charge is 0.312 e. The van der Waals surface area contributed by atoms with Crippen LogP contribution in [0.2, 0.25) is 0 Å². The molecule has 0 aliphatic carbocycles. The molecule has 1 atom stereocenters. The number of nitriles is 1. The normalized spacial score (nSPS) is 14.1. The van der Waals surface area contributed by atoms with Crippen molar-refractivity contribution in [1.82, 2.24) is 5.32 Å². The van der Waals surface area contributed by atoms with Crippen LogP contribution in [0.4, 0.5) is 13.2 Å². The lowest BCUT2D eigenvalue weighted by Crippen LogP contribution is -2.37. The summed E-state index contributed by atoms with van der Waals surface area (Å²) in [5.41, 5.74) is 0. The third-order valence-corrected chi connectivity index (χ3v) is 2.15. The molecule has 0 aliphatic rings. The van der Waals surface area contributed by atoms with E-state index < -0.39 is 12.1 Å². The van der Waals surface area contributed by atoms with Crippen molar-refractivity contribution in [1.29, 1.82) is 5.26 Å². The minimum Gasteiger partial charge on any atom is -0.312 e. The summed E-state index contributed by atoms with van der Waals surface area (Å²) in [5.74, 6) is -1.90. The van der Waals surface area contributed by atoms with E-state index in [4.69, 9.17) is 5.26 Å². The first kappa shape index (κ1) is 13.2. The lowest BCUT2D eigenvalue weighted by molar-refractivity contribution is -0.158. The van der Waals surface area contributed by atoms with Crippen LogP contribution in [0.5, 0.6) is 0 Å². The Morgan fingerprint density at radius 1 is 1.29 bits per heavy atom. The van der Waals surface area contributed by atoms with Crippen LogP contribution in [0.1, 0.15) is 26.7 Å². The highest BCUT2D eigenvalue weighted by atomic mass is 19.4. The van der Waals surface area contributed by atoms with Crippen LogP contribution in [-0.2, 0) is 0 Å². The summed E-state index contributed by atoms with van der Waals surface area (Å²) in [6.07, 6.45) is -2.88. The summed E-state index contributed by atoms with van der Waals surface area (Å²) < 4.78 is 36.3. The fourth-order valence-corrected chi connectivity index (χ4v) is 1.10. The summed E-state index contributed by atoms with van der Waals surface area (Å²) in [5, 5.41) is 11.0. The van der Waals surface area contributed by atoms with Gasteiger partial charge in [0.15, 0.2) is 5.92 Å². The number of nitrogens with one attached hydrogen (secondary N) is 1. The predicted molar refractivity (Wildman–Crippen MR) is 47.5 cm³/mol. The van der Waals surface area contributed by atoms with Crippen LogP contribution >= 0.6 is 0 Å². The molecule has 0 amide bonds. The van der Waals surface area contributed by atoms with E-state index in [1.165, 1.54) is 6.07 Å². The molecule has 0 aromatic carbocycles. The minimum atomic E-state index is -4.42.